The van der Waals surface area contributed by atoms with Crippen LogP contribution in [0.25, 0.3) is 0 Å². The molecule has 2 heterocycles. The Morgan fingerprint density at radius 3 is 2.81 bits per heavy atom. The van der Waals surface area contributed by atoms with Gasteiger partial charge < -0.3 is 4.74 Å². The Hall–Kier alpha value is -1.16. The van der Waals surface area contributed by atoms with Gasteiger partial charge in [-0.1, -0.05) is 0 Å². The summed E-state index contributed by atoms with van der Waals surface area (Å²) in [5.41, 5.74) is 1.07. The highest BCUT2D eigenvalue weighted by Crippen LogP contribution is 2.38. The highest BCUT2D eigenvalue weighted by molar-refractivity contribution is 5.15. The van der Waals surface area contributed by atoms with Gasteiger partial charge in [-0.2, -0.15) is 0 Å². The third kappa shape index (κ3) is 1.67. The van der Waals surface area contributed by atoms with Crippen LogP contribution >= 0.6 is 0 Å². The molecule has 1 atom stereocenters. The lowest BCUT2D eigenvalue weighted by molar-refractivity contribution is 0.185. The first kappa shape index (κ1) is 10.0. The number of hydrogen-bond acceptors (Lipinski definition) is 3. The molecule has 1 unspecified atom stereocenters. The van der Waals surface area contributed by atoms with Gasteiger partial charge in [0.1, 0.15) is 5.82 Å². The number of aryl methyl sites for hydroxylation is 1. The molecule has 1 aliphatic heterocycles. The Morgan fingerprint density at radius 1 is 1.44 bits per heavy atom. The first-order valence-corrected chi connectivity index (χ1v) is 5.93. The fraction of sp³-hybridized carbons (Fsp3) is 0.667. The van der Waals surface area contributed by atoms with Crippen LogP contribution in [-0.2, 0) is 4.74 Å². The molecule has 1 aromatic rings. The van der Waals surface area contributed by atoms with E-state index in [0.29, 0.717) is 12.5 Å². The molecule has 4 nitrogen and oxygen atoms in total. The van der Waals surface area contributed by atoms with Crippen molar-refractivity contribution in [3.8, 4) is 0 Å². The van der Waals surface area contributed by atoms with Crippen LogP contribution in [-0.4, -0.2) is 22.8 Å². The van der Waals surface area contributed by atoms with Crippen molar-refractivity contribution in [1.82, 2.24) is 9.55 Å². The monoisotopic (exact) mass is 220 g/mol. The van der Waals surface area contributed by atoms with Gasteiger partial charge in [0.05, 0.1) is 18.3 Å². The molecule has 1 aromatic heterocycles. The number of hydrogen-bond donors (Lipinski definition) is 0. The number of rotatable bonds is 2. The quantitative estimate of drug-likeness (QED) is 0.756. The molecule has 0 radical (unpaired) electrons. The topological polar surface area (TPSA) is 44.1 Å². The maximum atomic E-state index is 12.0. The maximum absolute atomic E-state index is 12.0. The second kappa shape index (κ2) is 3.70. The summed E-state index contributed by atoms with van der Waals surface area (Å²) in [6.45, 7) is 3.32. The van der Waals surface area contributed by atoms with E-state index in [0.717, 1.165) is 24.5 Å². The summed E-state index contributed by atoms with van der Waals surface area (Å²) < 4.78 is 7.11. The van der Waals surface area contributed by atoms with Crippen LogP contribution in [0.5, 0.6) is 0 Å². The second-order valence-corrected chi connectivity index (χ2v) is 4.73. The summed E-state index contributed by atoms with van der Waals surface area (Å²) in [7, 11) is 0. The molecule has 1 saturated carbocycles. The zero-order valence-corrected chi connectivity index (χ0v) is 9.48. The molecule has 0 bridgehead atoms. The van der Waals surface area contributed by atoms with E-state index in [9.17, 15) is 4.79 Å². The fourth-order valence-electron chi connectivity index (χ4n) is 2.39. The van der Waals surface area contributed by atoms with E-state index in [1.807, 2.05) is 6.92 Å². The Morgan fingerprint density at radius 2 is 2.25 bits per heavy atom. The van der Waals surface area contributed by atoms with Gasteiger partial charge in [0.15, 0.2) is 0 Å². The van der Waals surface area contributed by atoms with Crippen molar-refractivity contribution in [3.63, 3.8) is 0 Å². The molecule has 2 aliphatic rings. The average Bonchev–Trinajstić information content (AvgIpc) is 2.96. The lowest BCUT2D eigenvalue weighted by atomic mass is 10.2. The fourth-order valence-corrected chi connectivity index (χ4v) is 2.39. The third-order valence-electron chi connectivity index (χ3n) is 3.41. The van der Waals surface area contributed by atoms with Crippen LogP contribution in [0.2, 0.25) is 0 Å². The molecule has 3 rings (SSSR count). The molecular weight excluding hydrogens is 204 g/mol. The summed E-state index contributed by atoms with van der Waals surface area (Å²) in [4.78, 5) is 16.6. The average molecular weight is 220 g/mol. The van der Waals surface area contributed by atoms with E-state index in [1.54, 1.807) is 10.6 Å². The molecule has 1 saturated heterocycles. The van der Waals surface area contributed by atoms with Crippen LogP contribution in [0.15, 0.2) is 10.9 Å². The van der Waals surface area contributed by atoms with Crippen molar-refractivity contribution in [1.29, 1.82) is 0 Å². The minimum atomic E-state index is 0.0879. The summed E-state index contributed by atoms with van der Waals surface area (Å²) in [6, 6.07) is 1.90. The van der Waals surface area contributed by atoms with Gasteiger partial charge >= 0.3 is 0 Å². The minimum Gasteiger partial charge on any atom is -0.379 e. The highest BCUT2D eigenvalue weighted by Gasteiger charge is 2.27. The van der Waals surface area contributed by atoms with Crippen LogP contribution < -0.4 is 5.56 Å². The van der Waals surface area contributed by atoms with Crippen molar-refractivity contribution in [2.75, 3.05) is 13.2 Å². The third-order valence-corrected chi connectivity index (χ3v) is 3.41. The number of ether oxygens (including phenoxy) is 1. The van der Waals surface area contributed by atoms with Crippen LogP contribution in [0, 0.1) is 6.92 Å². The van der Waals surface area contributed by atoms with Gasteiger partial charge in [-0.15, -0.1) is 0 Å². The largest absolute Gasteiger partial charge is 0.379 e. The van der Waals surface area contributed by atoms with E-state index < -0.39 is 0 Å². The molecule has 0 spiro atoms. The van der Waals surface area contributed by atoms with Gasteiger partial charge in [0, 0.05) is 18.6 Å². The van der Waals surface area contributed by atoms with Crippen LogP contribution in [0.1, 0.15) is 42.7 Å². The minimum absolute atomic E-state index is 0.0879. The molecule has 2 fully saturated rings. The van der Waals surface area contributed by atoms with E-state index in [2.05, 4.69) is 4.98 Å². The zero-order valence-electron chi connectivity index (χ0n) is 9.48. The predicted octanol–water partition coefficient (Wildman–Crippen LogP) is 1.39. The predicted molar refractivity (Wildman–Crippen MR) is 59.7 cm³/mol. The molecule has 4 heteroatoms. The van der Waals surface area contributed by atoms with Gasteiger partial charge in [-0.05, 0) is 26.2 Å². The summed E-state index contributed by atoms with van der Waals surface area (Å²) in [5.74, 6) is 1.38. The Balaban J connectivity index is 2.00. The van der Waals surface area contributed by atoms with Crippen molar-refractivity contribution in [2.45, 2.75) is 38.1 Å². The molecule has 0 amide bonds. The zero-order chi connectivity index (χ0) is 11.1. The standard InChI is InChI=1S/C12H16N2O2/c1-8-13-11(9-2-3-9)6-12(15)14(8)10-4-5-16-7-10/h6,9-10H,2-5,7H2,1H3. The normalized spacial score (nSPS) is 24.9. The van der Waals surface area contributed by atoms with Crippen molar-refractivity contribution in [3.05, 3.63) is 27.9 Å². The van der Waals surface area contributed by atoms with E-state index in [-0.39, 0.29) is 11.6 Å². The summed E-state index contributed by atoms with van der Waals surface area (Å²) in [5, 5.41) is 0. The first-order chi connectivity index (χ1) is 7.75. The molecule has 0 aromatic carbocycles. The van der Waals surface area contributed by atoms with E-state index in [4.69, 9.17) is 4.74 Å². The van der Waals surface area contributed by atoms with Gasteiger partial charge in [0.25, 0.3) is 5.56 Å². The summed E-state index contributed by atoms with van der Waals surface area (Å²) in [6.07, 6.45) is 3.29. The van der Waals surface area contributed by atoms with Crippen molar-refractivity contribution < 1.29 is 4.74 Å². The highest BCUT2D eigenvalue weighted by atomic mass is 16.5. The number of aromatic nitrogens is 2. The van der Waals surface area contributed by atoms with Crippen LogP contribution in [0.4, 0.5) is 0 Å². The smallest absolute Gasteiger partial charge is 0.254 e. The first-order valence-electron chi connectivity index (χ1n) is 5.93. The van der Waals surface area contributed by atoms with Crippen molar-refractivity contribution >= 4 is 0 Å². The molecule has 16 heavy (non-hydrogen) atoms. The molecular formula is C12H16N2O2. The molecule has 1 aliphatic carbocycles. The SMILES string of the molecule is Cc1nc(C2CC2)cc(=O)n1C1CCOC1. The van der Waals surface area contributed by atoms with Gasteiger partial charge in [-0.25, -0.2) is 4.98 Å². The number of nitrogens with zero attached hydrogens (tertiary/aromatic N) is 2. The summed E-state index contributed by atoms with van der Waals surface area (Å²) >= 11 is 0. The van der Waals surface area contributed by atoms with Gasteiger partial charge in [-0.3, -0.25) is 9.36 Å². The second-order valence-electron chi connectivity index (χ2n) is 4.73. The van der Waals surface area contributed by atoms with E-state index >= 15 is 0 Å². The Kier molecular flexibility index (Phi) is 2.32. The molecule has 0 N–H and O–H groups in total. The lowest BCUT2D eigenvalue weighted by Crippen LogP contribution is -2.28. The maximum Gasteiger partial charge on any atom is 0.254 e. The molecule has 86 valence electrons. The van der Waals surface area contributed by atoms with E-state index in [1.165, 1.54) is 12.8 Å². The van der Waals surface area contributed by atoms with Crippen LogP contribution in [0.3, 0.4) is 0 Å². The Bertz CT molecular complexity index is 457. The lowest BCUT2D eigenvalue weighted by Gasteiger charge is -2.15. The Labute approximate surface area is 94.3 Å². The van der Waals surface area contributed by atoms with Crippen molar-refractivity contribution in [2.24, 2.45) is 0 Å². The van der Waals surface area contributed by atoms with Gasteiger partial charge in [0.2, 0.25) is 0 Å².